The van der Waals surface area contributed by atoms with E-state index in [1.54, 1.807) is 0 Å². The van der Waals surface area contributed by atoms with E-state index < -0.39 is 6.10 Å². The summed E-state index contributed by atoms with van der Waals surface area (Å²) in [5.41, 5.74) is 0. The number of hydrogen-bond acceptors (Lipinski definition) is 5. The van der Waals surface area contributed by atoms with E-state index in [9.17, 15) is 9.59 Å². The second kappa shape index (κ2) is 48.2. The zero-order valence-corrected chi connectivity index (χ0v) is 37.8. The average molecular weight is 805 g/mol. The Kier molecular flexibility index (Phi) is 45.5. The lowest BCUT2D eigenvalue weighted by Gasteiger charge is -2.18. The molecule has 0 bridgehead atoms. The number of ether oxygens (including phenoxy) is 3. The third-order valence-corrected chi connectivity index (χ3v) is 9.62. The van der Waals surface area contributed by atoms with Gasteiger partial charge in [-0.05, 0) is 89.9 Å². The molecular weight excluding hydrogens is 717 g/mol. The summed E-state index contributed by atoms with van der Waals surface area (Å²) in [7, 11) is 0. The summed E-state index contributed by atoms with van der Waals surface area (Å²) < 4.78 is 17.3. The van der Waals surface area contributed by atoms with E-state index in [1.165, 1.54) is 51.4 Å². The van der Waals surface area contributed by atoms with Gasteiger partial charge in [-0.3, -0.25) is 9.59 Å². The average Bonchev–Trinajstić information content (AvgIpc) is 3.22. The first-order valence-electron chi connectivity index (χ1n) is 23.8. The van der Waals surface area contributed by atoms with Crippen molar-refractivity contribution in [3.63, 3.8) is 0 Å². The van der Waals surface area contributed by atoms with Crippen LogP contribution in [0.1, 0.15) is 201 Å². The fourth-order valence-electron chi connectivity index (χ4n) is 6.15. The van der Waals surface area contributed by atoms with Crippen molar-refractivity contribution in [1.29, 1.82) is 0 Å². The van der Waals surface area contributed by atoms with E-state index in [2.05, 4.69) is 118 Å². The number of rotatable bonds is 42. The van der Waals surface area contributed by atoms with Gasteiger partial charge in [-0.1, -0.05) is 195 Å². The van der Waals surface area contributed by atoms with Crippen LogP contribution in [0, 0.1) is 0 Å². The molecular formula is C53H88O5. The van der Waals surface area contributed by atoms with Crippen molar-refractivity contribution in [3.8, 4) is 0 Å². The van der Waals surface area contributed by atoms with E-state index in [0.717, 1.165) is 116 Å². The number of carbonyl (C=O) groups excluding carboxylic acids is 2. The Labute approximate surface area is 358 Å². The normalized spacial score (nSPS) is 13.1. The van der Waals surface area contributed by atoms with Crippen molar-refractivity contribution in [2.75, 3.05) is 19.8 Å². The smallest absolute Gasteiger partial charge is 0.306 e. The SMILES string of the molecule is CC/C=C\C/C=C\C/C=C\C/C=C\CCCCCCC(=O)OCC(COCCC/C=C\C/C=C\C/C=C\C/C=C\CC)OC(=O)CCCCCCCCCCCCC. The fourth-order valence-corrected chi connectivity index (χ4v) is 6.15. The number of carbonyl (C=O) groups is 2. The number of hydrogen-bond donors (Lipinski definition) is 0. The van der Waals surface area contributed by atoms with Gasteiger partial charge in [-0.2, -0.15) is 0 Å². The molecule has 58 heavy (non-hydrogen) atoms. The number of esters is 2. The first-order chi connectivity index (χ1) is 28.6. The molecule has 0 rings (SSSR count). The van der Waals surface area contributed by atoms with Crippen LogP contribution in [-0.2, 0) is 23.8 Å². The monoisotopic (exact) mass is 805 g/mol. The highest BCUT2D eigenvalue weighted by molar-refractivity contribution is 5.70. The molecule has 1 unspecified atom stereocenters. The van der Waals surface area contributed by atoms with Crippen LogP contribution in [0.15, 0.2) is 97.2 Å². The highest BCUT2D eigenvalue weighted by atomic mass is 16.6. The molecule has 0 fully saturated rings. The Morgan fingerprint density at radius 3 is 1.24 bits per heavy atom. The fraction of sp³-hybridized carbons (Fsp3) is 0.660. The quantitative estimate of drug-likeness (QED) is 0.0349. The van der Waals surface area contributed by atoms with Gasteiger partial charge in [0.15, 0.2) is 6.10 Å². The third kappa shape index (κ3) is 45.5. The highest BCUT2D eigenvalue weighted by Crippen LogP contribution is 2.13. The molecule has 0 heterocycles. The van der Waals surface area contributed by atoms with Crippen molar-refractivity contribution in [1.82, 2.24) is 0 Å². The van der Waals surface area contributed by atoms with E-state index in [1.807, 2.05) is 0 Å². The van der Waals surface area contributed by atoms with Gasteiger partial charge >= 0.3 is 11.9 Å². The van der Waals surface area contributed by atoms with Gasteiger partial charge in [0.2, 0.25) is 0 Å². The molecule has 0 spiro atoms. The number of allylic oxidation sites excluding steroid dienone is 16. The highest BCUT2D eigenvalue weighted by Gasteiger charge is 2.17. The van der Waals surface area contributed by atoms with Crippen LogP contribution in [0.3, 0.4) is 0 Å². The maximum Gasteiger partial charge on any atom is 0.306 e. The molecule has 0 aliphatic heterocycles. The molecule has 0 aromatic rings. The standard InChI is InChI=1S/C53H88O5/c1-4-7-10-13-16-19-22-24-26-27-28-29-32-34-37-40-43-46-52(54)57-50-51(58-53(55)47-44-41-38-35-31-21-18-15-12-9-6-3)49-56-48-45-42-39-36-33-30-25-23-20-17-14-11-8-5-2/h7-8,10-11,16-17,19-20,24-26,28-30,36,39,51H,4-6,9,12-15,18,21-23,27,31-35,37-38,40-50H2,1-3H3/b10-7-,11-8-,19-16-,20-17-,26-24-,29-28-,30-25-,39-36-. The summed E-state index contributed by atoms with van der Waals surface area (Å²) in [5.74, 6) is -0.460. The van der Waals surface area contributed by atoms with Crippen molar-refractivity contribution in [2.24, 2.45) is 0 Å². The summed E-state index contributed by atoms with van der Waals surface area (Å²) in [5, 5.41) is 0. The molecule has 0 amide bonds. The van der Waals surface area contributed by atoms with Gasteiger partial charge < -0.3 is 14.2 Å². The molecule has 0 aliphatic carbocycles. The van der Waals surface area contributed by atoms with E-state index in [0.29, 0.717) is 19.4 Å². The molecule has 0 aromatic heterocycles. The van der Waals surface area contributed by atoms with E-state index in [4.69, 9.17) is 14.2 Å². The van der Waals surface area contributed by atoms with E-state index in [-0.39, 0.29) is 25.2 Å². The summed E-state index contributed by atoms with van der Waals surface area (Å²) >= 11 is 0. The van der Waals surface area contributed by atoms with Gasteiger partial charge in [0.1, 0.15) is 6.61 Å². The summed E-state index contributed by atoms with van der Waals surface area (Å²) in [6.07, 6.45) is 64.2. The molecule has 0 N–H and O–H groups in total. The predicted molar refractivity (Wildman–Crippen MR) is 251 cm³/mol. The molecule has 0 saturated heterocycles. The lowest BCUT2D eigenvalue weighted by atomic mass is 10.1. The minimum absolute atomic E-state index is 0.0471. The topological polar surface area (TPSA) is 61.8 Å². The second-order valence-corrected chi connectivity index (χ2v) is 15.3. The van der Waals surface area contributed by atoms with Crippen LogP contribution < -0.4 is 0 Å². The number of unbranched alkanes of at least 4 members (excludes halogenated alkanes) is 15. The minimum atomic E-state index is -0.576. The molecule has 5 heteroatoms. The van der Waals surface area contributed by atoms with Crippen LogP contribution in [0.25, 0.3) is 0 Å². The molecule has 5 nitrogen and oxygen atoms in total. The molecule has 1 atom stereocenters. The Hall–Kier alpha value is -3.18. The van der Waals surface area contributed by atoms with Gasteiger partial charge in [0.25, 0.3) is 0 Å². The first-order valence-corrected chi connectivity index (χ1v) is 23.8. The largest absolute Gasteiger partial charge is 0.462 e. The maximum atomic E-state index is 12.7. The van der Waals surface area contributed by atoms with Crippen LogP contribution in [-0.4, -0.2) is 37.9 Å². The van der Waals surface area contributed by atoms with Crippen LogP contribution in [0.2, 0.25) is 0 Å². The summed E-state index contributed by atoms with van der Waals surface area (Å²) in [4.78, 5) is 25.3. The Morgan fingerprint density at radius 1 is 0.397 bits per heavy atom. The molecule has 0 saturated carbocycles. The van der Waals surface area contributed by atoms with Gasteiger partial charge in [0.05, 0.1) is 6.61 Å². The first kappa shape index (κ1) is 54.8. The Balaban J connectivity index is 4.38. The minimum Gasteiger partial charge on any atom is -0.462 e. The Bertz CT molecular complexity index is 1140. The van der Waals surface area contributed by atoms with Crippen LogP contribution in [0.4, 0.5) is 0 Å². The third-order valence-electron chi connectivity index (χ3n) is 9.62. The summed E-state index contributed by atoms with van der Waals surface area (Å²) in [6.45, 7) is 7.42. The van der Waals surface area contributed by atoms with Crippen LogP contribution in [0.5, 0.6) is 0 Å². The zero-order valence-electron chi connectivity index (χ0n) is 37.8. The summed E-state index contributed by atoms with van der Waals surface area (Å²) in [6, 6.07) is 0. The van der Waals surface area contributed by atoms with Crippen LogP contribution >= 0.6 is 0 Å². The lowest BCUT2D eigenvalue weighted by molar-refractivity contribution is -0.163. The van der Waals surface area contributed by atoms with Crippen molar-refractivity contribution < 1.29 is 23.8 Å². The molecule has 0 aromatic carbocycles. The molecule has 330 valence electrons. The van der Waals surface area contributed by atoms with E-state index >= 15 is 0 Å². The van der Waals surface area contributed by atoms with Crippen molar-refractivity contribution >= 4 is 11.9 Å². The van der Waals surface area contributed by atoms with Gasteiger partial charge in [-0.25, -0.2) is 0 Å². The van der Waals surface area contributed by atoms with Crippen molar-refractivity contribution in [3.05, 3.63) is 97.2 Å². The maximum absolute atomic E-state index is 12.7. The second-order valence-electron chi connectivity index (χ2n) is 15.3. The van der Waals surface area contributed by atoms with Gasteiger partial charge in [0, 0.05) is 19.4 Å². The molecule has 0 aliphatic rings. The zero-order chi connectivity index (χ0) is 42.1. The lowest BCUT2D eigenvalue weighted by Crippen LogP contribution is -2.30. The van der Waals surface area contributed by atoms with Gasteiger partial charge in [-0.15, -0.1) is 0 Å². The predicted octanol–water partition coefficient (Wildman–Crippen LogP) is 15.9. The molecule has 0 radical (unpaired) electrons. The van der Waals surface area contributed by atoms with Crippen molar-refractivity contribution in [2.45, 2.75) is 207 Å². The Morgan fingerprint density at radius 2 is 0.776 bits per heavy atom.